The monoisotopic (exact) mass is 242 g/mol. The zero-order valence-corrected chi connectivity index (χ0v) is 9.27. The van der Waals surface area contributed by atoms with Gasteiger partial charge in [0, 0.05) is 19.2 Å². The minimum absolute atomic E-state index is 0.178. The SMILES string of the molecule is C#CCCNC(=O)c1cnc(Cl)c(Cl)c1. The quantitative estimate of drug-likeness (QED) is 0.502. The highest BCUT2D eigenvalue weighted by Gasteiger charge is 2.07. The van der Waals surface area contributed by atoms with E-state index in [2.05, 4.69) is 16.2 Å². The van der Waals surface area contributed by atoms with Crippen LogP contribution in [0.3, 0.4) is 0 Å². The number of terminal acetylenes is 1. The van der Waals surface area contributed by atoms with E-state index in [1.165, 1.54) is 12.3 Å². The van der Waals surface area contributed by atoms with Crippen molar-refractivity contribution in [1.82, 2.24) is 10.3 Å². The maximum absolute atomic E-state index is 11.5. The first-order chi connectivity index (χ1) is 7.15. The number of nitrogens with zero attached hydrogens (tertiary/aromatic N) is 1. The van der Waals surface area contributed by atoms with Crippen molar-refractivity contribution in [1.29, 1.82) is 0 Å². The Kier molecular flexibility index (Phi) is 4.41. The number of carbonyl (C=O) groups excluding carboxylic acids is 1. The molecule has 0 aliphatic carbocycles. The first kappa shape index (κ1) is 11.8. The molecule has 1 aromatic rings. The second kappa shape index (κ2) is 5.59. The molecule has 0 unspecified atom stereocenters. The number of nitrogens with one attached hydrogen (secondary N) is 1. The predicted molar refractivity (Wildman–Crippen MR) is 60.0 cm³/mol. The van der Waals surface area contributed by atoms with Gasteiger partial charge in [-0.15, -0.1) is 12.3 Å². The van der Waals surface area contributed by atoms with Crippen LogP contribution >= 0.6 is 23.2 Å². The summed E-state index contributed by atoms with van der Waals surface area (Å²) in [5.41, 5.74) is 0.362. The van der Waals surface area contributed by atoms with E-state index in [0.29, 0.717) is 18.5 Å². The van der Waals surface area contributed by atoms with Gasteiger partial charge in [0.05, 0.1) is 10.6 Å². The highest BCUT2D eigenvalue weighted by molar-refractivity contribution is 6.41. The van der Waals surface area contributed by atoms with E-state index in [-0.39, 0.29) is 16.1 Å². The standard InChI is InChI=1S/C10H8Cl2N2O/c1-2-3-4-13-10(15)7-5-8(11)9(12)14-6-7/h1,5-6H,3-4H2,(H,13,15). The summed E-state index contributed by atoms with van der Waals surface area (Å²) in [4.78, 5) is 15.2. The molecule has 0 aliphatic heterocycles. The highest BCUT2D eigenvalue weighted by atomic mass is 35.5. The van der Waals surface area contributed by atoms with Gasteiger partial charge in [0.1, 0.15) is 5.15 Å². The molecule has 0 atom stereocenters. The smallest absolute Gasteiger partial charge is 0.252 e. The number of halogens is 2. The number of hydrogen-bond acceptors (Lipinski definition) is 2. The van der Waals surface area contributed by atoms with Crippen LogP contribution < -0.4 is 5.32 Å². The van der Waals surface area contributed by atoms with Crippen LogP contribution in [0.15, 0.2) is 12.3 Å². The Bertz CT molecular complexity index is 412. The third-order valence-corrected chi connectivity index (χ3v) is 2.30. The Hall–Kier alpha value is -1.24. The summed E-state index contributed by atoms with van der Waals surface area (Å²) in [6.07, 6.45) is 6.89. The van der Waals surface area contributed by atoms with Crippen molar-refractivity contribution in [2.24, 2.45) is 0 Å². The Morgan fingerprint density at radius 2 is 2.33 bits per heavy atom. The van der Waals surface area contributed by atoms with Crippen molar-refractivity contribution in [3.63, 3.8) is 0 Å². The topological polar surface area (TPSA) is 42.0 Å². The van der Waals surface area contributed by atoms with Crippen molar-refractivity contribution < 1.29 is 4.79 Å². The van der Waals surface area contributed by atoms with Crippen molar-refractivity contribution in [2.45, 2.75) is 6.42 Å². The molecule has 1 heterocycles. The largest absolute Gasteiger partial charge is 0.351 e. The van der Waals surface area contributed by atoms with Gasteiger partial charge in [-0.3, -0.25) is 4.79 Å². The number of hydrogen-bond donors (Lipinski definition) is 1. The van der Waals surface area contributed by atoms with Crippen LogP contribution in [0, 0.1) is 12.3 Å². The fraction of sp³-hybridized carbons (Fsp3) is 0.200. The second-order valence-corrected chi connectivity index (χ2v) is 3.47. The molecule has 0 radical (unpaired) electrons. The summed E-state index contributed by atoms with van der Waals surface area (Å²) in [6.45, 7) is 0.426. The average molecular weight is 243 g/mol. The molecular weight excluding hydrogens is 235 g/mol. The molecule has 1 aromatic heterocycles. The zero-order valence-electron chi connectivity index (χ0n) is 7.76. The van der Waals surface area contributed by atoms with Gasteiger partial charge in [-0.05, 0) is 6.07 Å². The Labute approximate surface area is 97.8 Å². The third-order valence-electron chi connectivity index (χ3n) is 1.61. The normalized spacial score (nSPS) is 9.40. The molecule has 5 heteroatoms. The van der Waals surface area contributed by atoms with E-state index in [0.717, 1.165) is 0 Å². The van der Waals surface area contributed by atoms with Crippen LogP contribution in [-0.4, -0.2) is 17.4 Å². The van der Waals surface area contributed by atoms with Gasteiger partial charge in [0.15, 0.2) is 0 Å². The number of pyridine rings is 1. The molecule has 0 bridgehead atoms. The molecule has 1 rings (SSSR count). The Balaban J connectivity index is 2.67. The van der Waals surface area contributed by atoms with Crippen LogP contribution in [0.25, 0.3) is 0 Å². The average Bonchev–Trinajstić information content (AvgIpc) is 2.22. The van der Waals surface area contributed by atoms with Crippen LogP contribution in [0.5, 0.6) is 0 Å². The molecule has 1 amide bonds. The molecule has 0 aliphatic rings. The fourth-order valence-corrected chi connectivity index (χ4v) is 1.17. The molecule has 0 saturated heterocycles. The summed E-state index contributed by atoms with van der Waals surface area (Å²) >= 11 is 11.3. The molecule has 0 spiro atoms. The van der Waals surface area contributed by atoms with E-state index < -0.39 is 0 Å². The zero-order chi connectivity index (χ0) is 11.3. The maximum atomic E-state index is 11.5. The number of aromatic nitrogens is 1. The maximum Gasteiger partial charge on any atom is 0.252 e. The van der Waals surface area contributed by atoms with Gasteiger partial charge >= 0.3 is 0 Å². The van der Waals surface area contributed by atoms with Gasteiger partial charge in [-0.1, -0.05) is 23.2 Å². The summed E-state index contributed by atoms with van der Waals surface area (Å²) in [5, 5.41) is 3.05. The van der Waals surface area contributed by atoms with Crippen molar-refractivity contribution in [3.8, 4) is 12.3 Å². The Morgan fingerprint density at radius 1 is 1.60 bits per heavy atom. The van der Waals surface area contributed by atoms with Crippen LogP contribution in [0.2, 0.25) is 10.2 Å². The van der Waals surface area contributed by atoms with Gasteiger partial charge in [0.25, 0.3) is 5.91 Å². The molecule has 1 N–H and O–H groups in total. The molecular formula is C10H8Cl2N2O. The molecule has 0 aromatic carbocycles. The number of rotatable bonds is 3. The summed E-state index contributed by atoms with van der Waals surface area (Å²) in [6, 6.07) is 1.46. The lowest BCUT2D eigenvalue weighted by atomic mass is 10.2. The van der Waals surface area contributed by atoms with Crippen molar-refractivity contribution >= 4 is 29.1 Å². The minimum atomic E-state index is -0.267. The third kappa shape index (κ3) is 3.43. The van der Waals surface area contributed by atoms with Gasteiger partial charge in [0.2, 0.25) is 0 Å². The minimum Gasteiger partial charge on any atom is -0.351 e. The summed E-state index contributed by atoms with van der Waals surface area (Å²) < 4.78 is 0. The van der Waals surface area contributed by atoms with E-state index in [1.807, 2.05) is 0 Å². The van der Waals surface area contributed by atoms with Gasteiger partial charge in [-0.25, -0.2) is 4.98 Å². The van der Waals surface area contributed by atoms with Crippen molar-refractivity contribution in [3.05, 3.63) is 28.0 Å². The highest BCUT2D eigenvalue weighted by Crippen LogP contribution is 2.19. The first-order valence-electron chi connectivity index (χ1n) is 4.18. The lowest BCUT2D eigenvalue weighted by Crippen LogP contribution is -2.24. The van der Waals surface area contributed by atoms with E-state index in [4.69, 9.17) is 29.6 Å². The van der Waals surface area contributed by atoms with E-state index in [1.54, 1.807) is 0 Å². The fourth-order valence-electron chi connectivity index (χ4n) is 0.896. The molecule has 15 heavy (non-hydrogen) atoms. The molecule has 3 nitrogen and oxygen atoms in total. The van der Waals surface area contributed by atoms with E-state index in [9.17, 15) is 4.79 Å². The predicted octanol–water partition coefficient (Wildman–Crippen LogP) is 2.14. The van der Waals surface area contributed by atoms with Crippen LogP contribution in [-0.2, 0) is 0 Å². The second-order valence-electron chi connectivity index (χ2n) is 2.71. The van der Waals surface area contributed by atoms with Gasteiger partial charge in [-0.2, -0.15) is 0 Å². The number of amides is 1. The first-order valence-corrected chi connectivity index (χ1v) is 4.93. The molecule has 78 valence electrons. The van der Waals surface area contributed by atoms with Crippen LogP contribution in [0.4, 0.5) is 0 Å². The summed E-state index contributed by atoms with van der Waals surface area (Å²) in [5.74, 6) is 2.15. The molecule has 0 saturated carbocycles. The summed E-state index contributed by atoms with van der Waals surface area (Å²) in [7, 11) is 0. The van der Waals surface area contributed by atoms with Gasteiger partial charge < -0.3 is 5.32 Å². The lowest BCUT2D eigenvalue weighted by Gasteiger charge is -2.03. The van der Waals surface area contributed by atoms with E-state index >= 15 is 0 Å². The lowest BCUT2D eigenvalue weighted by molar-refractivity contribution is 0.0954. The Morgan fingerprint density at radius 3 is 2.93 bits per heavy atom. The van der Waals surface area contributed by atoms with Crippen molar-refractivity contribution in [2.75, 3.05) is 6.54 Å². The number of carbonyl (C=O) groups is 1. The molecule has 0 fully saturated rings. The van der Waals surface area contributed by atoms with Crippen LogP contribution in [0.1, 0.15) is 16.8 Å².